The van der Waals surface area contributed by atoms with Crippen LogP contribution in [-0.4, -0.2) is 33.4 Å². The van der Waals surface area contributed by atoms with Crippen LogP contribution in [0.2, 0.25) is 0 Å². The van der Waals surface area contributed by atoms with Crippen LogP contribution in [0.15, 0.2) is 89.8 Å². The van der Waals surface area contributed by atoms with Gasteiger partial charge >= 0.3 is 0 Å². The van der Waals surface area contributed by atoms with Gasteiger partial charge in [0.1, 0.15) is 18.1 Å². The average Bonchev–Trinajstić information content (AvgIpc) is 3.56. The van der Waals surface area contributed by atoms with Gasteiger partial charge in [-0.05, 0) is 72.3 Å². The number of benzene rings is 3. The van der Waals surface area contributed by atoms with Crippen LogP contribution in [0.1, 0.15) is 40.1 Å². The molecule has 7 nitrogen and oxygen atoms in total. The molecule has 2 N–H and O–H groups in total. The maximum Gasteiger partial charge on any atom is 0.295 e. The van der Waals surface area contributed by atoms with E-state index in [1.165, 1.54) is 22.3 Å². The first kappa shape index (κ1) is 27.0. The Kier molecular flexibility index (Phi) is 7.89. The highest BCUT2D eigenvalue weighted by atomic mass is 32.1. The zero-order chi connectivity index (χ0) is 28.2. The molecule has 8 heteroatoms. The second-order valence-electron chi connectivity index (χ2n) is 9.42. The Morgan fingerprint density at radius 3 is 2.45 bits per heavy atom. The molecule has 1 saturated heterocycles. The minimum absolute atomic E-state index is 0.0213. The van der Waals surface area contributed by atoms with Crippen molar-refractivity contribution in [1.82, 2.24) is 4.90 Å². The number of ether oxygens (including phenoxy) is 2. The van der Waals surface area contributed by atoms with Crippen molar-refractivity contribution in [3.63, 3.8) is 0 Å². The van der Waals surface area contributed by atoms with E-state index >= 15 is 0 Å². The third-order valence-corrected chi connectivity index (χ3v) is 7.59. The SMILES string of the molecule is CCOc1cc(C2/C(=C(/O)c3ccc(OCc4ccccc4)c(C)c3)C(=O)C(=O)N2Cc2cccs2)ccc1O. The minimum atomic E-state index is -0.879. The number of aliphatic hydroxyl groups is 1. The van der Waals surface area contributed by atoms with E-state index in [2.05, 4.69) is 0 Å². The van der Waals surface area contributed by atoms with Gasteiger partial charge in [-0.25, -0.2) is 0 Å². The van der Waals surface area contributed by atoms with Gasteiger partial charge in [0.25, 0.3) is 11.7 Å². The lowest BCUT2D eigenvalue weighted by Crippen LogP contribution is -2.28. The maximum absolute atomic E-state index is 13.4. The average molecular weight is 556 g/mol. The van der Waals surface area contributed by atoms with E-state index in [-0.39, 0.29) is 29.4 Å². The van der Waals surface area contributed by atoms with Gasteiger partial charge in [-0.3, -0.25) is 9.59 Å². The number of likely N-dealkylation sites (tertiary alicyclic amines) is 1. The third kappa shape index (κ3) is 5.44. The lowest BCUT2D eigenvalue weighted by Gasteiger charge is -2.25. The number of nitrogens with zero attached hydrogens (tertiary/aromatic N) is 1. The van der Waals surface area contributed by atoms with E-state index in [9.17, 15) is 19.8 Å². The van der Waals surface area contributed by atoms with Crippen molar-refractivity contribution < 1.29 is 29.3 Å². The maximum atomic E-state index is 13.4. The van der Waals surface area contributed by atoms with Crippen LogP contribution in [0, 0.1) is 6.92 Å². The Bertz CT molecular complexity index is 1560. The molecule has 0 spiro atoms. The summed E-state index contributed by atoms with van der Waals surface area (Å²) in [5.74, 6) is -0.923. The largest absolute Gasteiger partial charge is 0.507 e. The van der Waals surface area contributed by atoms with Crippen LogP contribution in [0.3, 0.4) is 0 Å². The Morgan fingerprint density at radius 2 is 1.75 bits per heavy atom. The first-order chi connectivity index (χ1) is 19.4. The first-order valence-corrected chi connectivity index (χ1v) is 13.8. The number of hydrogen-bond acceptors (Lipinski definition) is 7. The minimum Gasteiger partial charge on any atom is -0.507 e. The molecule has 1 amide bonds. The summed E-state index contributed by atoms with van der Waals surface area (Å²) in [6, 6.07) is 22.6. The standard InChI is InChI=1S/C32H29NO6S/c1-3-38-27-17-22(11-13-25(27)34)29-28(31(36)32(37)33(29)18-24-10-7-15-40-24)30(35)23-12-14-26(20(2)16-23)39-19-21-8-5-4-6-9-21/h4-17,29,34-35H,3,18-19H2,1-2H3/b30-28-. The van der Waals surface area contributed by atoms with Crippen LogP contribution in [-0.2, 0) is 22.7 Å². The molecular weight excluding hydrogens is 526 g/mol. The smallest absolute Gasteiger partial charge is 0.295 e. The molecule has 0 aliphatic carbocycles. The molecule has 40 heavy (non-hydrogen) atoms. The van der Waals surface area contributed by atoms with Gasteiger partial charge in [-0.1, -0.05) is 42.5 Å². The van der Waals surface area contributed by atoms with Crippen molar-refractivity contribution in [3.05, 3.63) is 117 Å². The highest BCUT2D eigenvalue weighted by Gasteiger charge is 2.46. The van der Waals surface area contributed by atoms with Crippen molar-refractivity contribution in [2.24, 2.45) is 0 Å². The van der Waals surface area contributed by atoms with E-state index in [0.29, 0.717) is 30.1 Å². The number of aromatic hydroxyl groups is 1. The summed E-state index contributed by atoms with van der Waals surface area (Å²) in [4.78, 5) is 29.1. The monoisotopic (exact) mass is 555 g/mol. The summed E-state index contributed by atoms with van der Waals surface area (Å²) < 4.78 is 11.5. The van der Waals surface area contributed by atoms with E-state index in [1.807, 2.05) is 54.8 Å². The topological polar surface area (TPSA) is 96.3 Å². The number of aliphatic hydroxyl groups excluding tert-OH is 1. The molecule has 1 aliphatic rings. The fourth-order valence-electron chi connectivity index (χ4n) is 4.78. The lowest BCUT2D eigenvalue weighted by molar-refractivity contribution is -0.140. The molecule has 3 aromatic carbocycles. The van der Waals surface area contributed by atoms with Gasteiger partial charge in [0, 0.05) is 10.4 Å². The van der Waals surface area contributed by atoms with Crippen molar-refractivity contribution in [2.45, 2.75) is 33.0 Å². The normalized spacial score (nSPS) is 16.4. The van der Waals surface area contributed by atoms with Gasteiger partial charge in [0.05, 0.1) is 24.8 Å². The van der Waals surface area contributed by atoms with Crippen molar-refractivity contribution >= 4 is 28.8 Å². The molecule has 1 aromatic heterocycles. The highest BCUT2D eigenvalue weighted by Crippen LogP contribution is 2.43. The van der Waals surface area contributed by atoms with Gasteiger partial charge in [0.15, 0.2) is 11.5 Å². The molecule has 0 bridgehead atoms. The molecule has 1 unspecified atom stereocenters. The van der Waals surface area contributed by atoms with Crippen molar-refractivity contribution in [3.8, 4) is 17.2 Å². The molecule has 2 heterocycles. The van der Waals surface area contributed by atoms with Gasteiger partial charge in [0.2, 0.25) is 0 Å². The van der Waals surface area contributed by atoms with E-state index < -0.39 is 17.7 Å². The number of phenols is 1. The molecule has 5 rings (SSSR count). The van der Waals surface area contributed by atoms with Crippen LogP contribution in [0.5, 0.6) is 17.2 Å². The van der Waals surface area contributed by atoms with Gasteiger partial charge < -0.3 is 24.6 Å². The van der Waals surface area contributed by atoms with Gasteiger partial charge in [-0.2, -0.15) is 0 Å². The number of amides is 1. The molecule has 0 saturated carbocycles. The number of carbonyl (C=O) groups is 2. The summed E-state index contributed by atoms with van der Waals surface area (Å²) in [6.45, 7) is 4.57. The fraction of sp³-hybridized carbons (Fsp3) is 0.188. The van der Waals surface area contributed by atoms with Crippen LogP contribution < -0.4 is 9.47 Å². The molecule has 1 aliphatic heterocycles. The zero-order valence-electron chi connectivity index (χ0n) is 22.2. The highest BCUT2D eigenvalue weighted by molar-refractivity contribution is 7.09. The summed E-state index contributed by atoms with van der Waals surface area (Å²) in [5, 5.41) is 23.7. The summed E-state index contributed by atoms with van der Waals surface area (Å²) in [6.07, 6.45) is 0. The Balaban J connectivity index is 1.54. The van der Waals surface area contributed by atoms with Crippen molar-refractivity contribution in [1.29, 1.82) is 0 Å². The number of ketones is 1. The second kappa shape index (κ2) is 11.7. The molecule has 1 fully saturated rings. The molecule has 1 atom stereocenters. The lowest BCUT2D eigenvalue weighted by atomic mass is 9.94. The number of carbonyl (C=O) groups excluding carboxylic acids is 2. The Hall–Kier alpha value is -4.56. The van der Waals surface area contributed by atoms with E-state index in [4.69, 9.17) is 9.47 Å². The predicted octanol–water partition coefficient (Wildman–Crippen LogP) is 6.36. The quantitative estimate of drug-likeness (QED) is 0.142. The Morgan fingerprint density at radius 1 is 0.950 bits per heavy atom. The Labute approximate surface area is 236 Å². The molecule has 0 radical (unpaired) electrons. The van der Waals surface area contributed by atoms with Crippen LogP contribution in [0.25, 0.3) is 5.76 Å². The fourth-order valence-corrected chi connectivity index (χ4v) is 5.48. The number of aryl methyl sites for hydroxylation is 1. The number of Topliss-reactive ketones (excluding diaryl/α,β-unsaturated/α-hetero) is 1. The second-order valence-corrected chi connectivity index (χ2v) is 10.5. The zero-order valence-corrected chi connectivity index (χ0v) is 23.0. The van der Waals surface area contributed by atoms with Crippen molar-refractivity contribution in [2.75, 3.05) is 6.61 Å². The van der Waals surface area contributed by atoms with Gasteiger partial charge in [-0.15, -0.1) is 11.3 Å². The van der Waals surface area contributed by atoms with E-state index in [0.717, 1.165) is 16.0 Å². The number of phenolic OH excluding ortho intramolecular Hbond substituents is 1. The molecule has 4 aromatic rings. The first-order valence-electron chi connectivity index (χ1n) is 12.9. The van der Waals surface area contributed by atoms with Crippen LogP contribution in [0.4, 0.5) is 0 Å². The van der Waals surface area contributed by atoms with Crippen LogP contribution >= 0.6 is 11.3 Å². The molecule has 204 valence electrons. The summed E-state index contributed by atoms with van der Waals surface area (Å²) in [7, 11) is 0. The number of thiophene rings is 1. The number of hydrogen-bond donors (Lipinski definition) is 2. The predicted molar refractivity (Wildman–Crippen MR) is 153 cm³/mol. The third-order valence-electron chi connectivity index (χ3n) is 6.73. The summed E-state index contributed by atoms with van der Waals surface area (Å²) in [5.41, 5.74) is 2.71. The number of rotatable bonds is 9. The summed E-state index contributed by atoms with van der Waals surface area (Å²) >= 11 is 1.47. The molecular formula is C32H29NO6S. The van der Waals surface area contributed by atoms with E-state index in [1.54, 1.807) is 37.3 Å².